The summed E-state index contributed by atoms with van der Waals surface area (Å²) in [5.41, 5.74) is 1.25. The minimum Gasteiger partial charge on any atom is -0.481 e. The Bertz CT molecular complexity index is 1280. The Morgan fingerprint density at radius 3 is 2.19 bits per heavy atom. The van der Waals surface area contributed by atoms with Crippen LogP contribution in [-0.2, 0) is 16.1 Å². The third-order valence-corrected chi connectivity index (χ3v) is 9.75. The highest BCUT2D eigenvalue weighted by Gasteiger charge is 2.33. The van der Waals surface area contributed by atoms with E-state index in [1.807, 2.05) is 13.0 Å². The van der Waals surface area contributed by atoms with E-state index in [0.717, 1.165) is 108 Å². The summed E-state index contributed by atoms with van der Waals surface area (Å²) in [6.45, 7) is 11.5. The van der Waals surface area contributed by atoms with Crippen LogP contribution in [0.5, 0.6) is 0 Å². The van der Waals surface area contributed by atoms with Crippen LogP contribution in [0, 0.1) is 18.3 Å². The van der Waals surface area contributed by atoms with E-state index in [1.165, 1.54) is 11.8 Å². The van der Waals surface area contributed by atoms with E-state index in [1.54, 1.807) is 9.47 Å². The van der Waals surface area contributed by atoms with Crippen molar-refractivity contribution >= 4 is 52.1 Å². The van der Waals surface area contributed by atoms with E-state index in [9.17, 15) is 19.6 Å². The second-order valence-corrected chi connectivity index (χ2v) is 13.1. The molecule has 2 aliphatic rings. The Morgan fingerprint density at radius 2 is 1.60 bits per heavy atom. The van der Waals surface area contributed by atoms with Gasteiger partial charge in [-0.1, -0.05) is 82.8 Å². The highest BCUT2D eigenvalue weighted by molar-refractivity contribution is 8.26. The maximum atomic E-state index is 13.5. The van der Waals surface area contributed by atoms with Gasteiger partial charge < -0.3 is 14.9 Å². The van der Waals surface area contributed by atoms with Gasteiger partial charge >= 0.3 is 5.97 Å². The molecule has 43 heavy (non-hydrogen) atoms. The van der Waals surface area contributed by atoms with Gasteiger partial charge in [-0.05, 0) is 44.4 Å². The quantitative estimate of drug-likeness (QED) is 0.131. The highest BCUT2D eigenvalue weighted by Crippen LogP contribution is 2.36. The van der Waals surface area contributed by atoms with Gasteiger partial charge in [0.2, 0.25) is 0 Å². The summed E-state index contributed by atoms with van der Waals surface area (Å²) < 4.78 is 2.31. The van der Waals surface area contributed by atoms with Gasteiger partial charge in [0.05, 0.1) is 4.91 Å². The fraction of sp³-hybridized carbons (Fsp3) is 0.656. The van der Waals surface area contributed by atoms with Crippen molar-refractivity contribution in [1.82, 2.24) is 14.4 Å². The zero-order valence-corrected chi connectivity index (χ0v) is 27.7. The van der Waals surface area contributed by atoms with E-state index in [2.05, 4.69) is 29.7 Å². The summed E-state index contributed by atoms with van der Waals surface area (Å²) >= 11 is 6.92. The number of aliphatic carboxylic acids is 1. The molecule has 236 valence electrons. The summed E-state index contributed by atoms with van der Waals surface area (Å²) in [6, 6.07) is 2.14. The number of rotatable bonds is 17. The third-order valence-electron chi connectivity index (χ3n) is 8.37. The van der Waals surface area contributed by atoms with Crippen molar-refractivity contribution in [3.8, 4) is 6.07 Å². The lowest BCUT2D eigenvalue weighted by Gasteiger charge is -2.37. The number of carboxylic acid groups (broad SMARTS) is 1. The van der Waals surface area contributed by atoms with Crippen LogP contribution >= 0.6 is 24.0 Å². The molecule has 0 spiro atoms. The molecule has 1 aromatic heterocycles. The first kappa shape index (κ1) is 34.8. The summed E-state index contributed by atoms with van der Waals surface area (Å²) in [7, 11) is 0. The minimum absolute atomic E-state index is 0.112. The number of carbonyl (C=O) groups is 2. The Kier molecular flexibility index (Phi) is 14.2. The molecule has 2 fully saturated rings. The largest absolute Gasteiger partial charge is 0.481 e. The number of unbranched alkanes of at least 4 members (excludes halogenated alkanes) is 8. The normalized spacial score (nSPS) is 16.8. The third kappa shape index (κ3) is 9.40. The molecule has 1 amide bonds. The topological polar surface area (TPSA) is 110 Å². The van der Waals surface area contributed by atoms with Crippen LogP contribution < -0.4 is 10.5 Å². The summed E-state index contributed by atoms with van der Waals surface area (Å²) in [5.74, 6) is -0.0344. The predicted octanol–water partition coefficient (Wildman–Crippen LogP) is 5.77. The Labute approximate surface area is 265 Å². The van der Waals surface area contributed by atoms with E-state index >= 15 is 0 Å². The van der Waals surface area contributed by atoms with E-state index in [0.29, 0.717) is 27.9 Å². The molecule has 0 aromatic carbocycles. The summed E-state index contributed by atoms with van der Waals surface area (Å²) in [4.78, 5) is 44.5. The van der Waals surface area contributed by atoms with Gasteiger partial charge in [0.15, 0.2) is 0 Å². The van der Waals surface area contributed by atoms with Gasteiger partial charge in [-0.3, -0.25) is 23.9 Å². The minimum atomic E-state index is -0.727. The van der Waals surface area contributed by atoms with Gasteiger partial charge in [0, 0.05) is 51.3 Å². The fourth-order valence-electron chi connectivity index (χ4n) is 5.72. The number of thioether (sulfide) groups is 1. The number of anilines is 1. The Hall–Kier alpha value is -2.68. The number of pyridine rings is 1. The standard InChI is InChI=1S/C32H47N5O4S2/c1-4-6-16-36-29(35-20-18-34(5-2)19-21-35)25(24(3)26(23-33)30(36)40)22-27-31(41)37(32(42)43-27)17-14-12-10-8-7-9-11-13-15-28(38)39/h22H,4-21H2,1-3H3,(H,38,39)/b27-22-. The molecule has 0 bridgehead atoms. The van der Waals surface area contributed by atoms with Crippen LogP contribution in [0.2, 0.25) is 0 Å². The van der Waals surface area contributed by atoms with E-state index in [4.69, 9.17) is 17.3 Å². The van der Waals surface area contributed by atoms with Crippen molar-refractivity contribution in [2.45, 2.75) is 97.9 Å². The van der Waals surface area contributed by atoms with Gasteiger partial charge in [-0.2, -0.15) is 5.26 Å². The average molecular weight is 630 g/mol. The van der Waals surface area contributed by atoms with Crippen molar-refractivity contribution in [2.75, 3.05) is 44.2 Å². The van der Waals surface area contributed by atoms with Crippen LogP contribution in [0.15, 0.2) is 9.70 Å². The zero-order chi connectivity index (χ0) is 31.4. The van der Waals surface area contributed by atoms with Gasteiger partial charge in [-0.25, -0.2) is 0 Å². The SMILES string of the molecule is CCCCn1c(N2CCN(CC)CC2)c(/C=C2\SC(=S)N(CCCCCCCCCCC(=O)O)C2=O)c(C)c(C#N)c1=O. The van der Waals surface area contributed by atoms with Crippen LogP contribution in [0.3, 0.4) is 0 Å². The molecule has 0 saturated carbocycles. The first-order valence-electron chi connectivity index (χ1n) is 15.8. The molecule has 2 aliphatic heterocycles. The lowest BCUT2D eigenvalue weighted by Crippen LogP contribution is -2.48. The number of thiocarbonyl (C=S) groups is 1. The second kappa shape index (κ2) is 17.6. The zero-order valence-electron chi connectivity index (χ0n) is 26.0. The number of piperazine rings is 1. The molecule has 0 unspecified atom stereocenters. The van der Waals surface area contributed by atoms with Crippen LogP contribution in [-0.4, -0.2) is 74.9 Å². The van der Waals surface area contributed by atoms with Crippen LogP contribution in [0.25, 0.3) is 6.08 Å². The number of hydrogen-bond donors (Lipinski definition) is 1. The van der Waals surface area contributed by atoms with Crippen molar-refractivity contribution in [1.29, 1.82) is 5.26 Å². The number of nitrogens with zero attached hydrogens (tertiary/aromatic N) is 5. The Balaban J connectivity index is 1.75. The van der Waals surface area contributed by atoms with Gasteiger partial charge in [0.1, 0.15) is 21.8 Å². The van der Waals surface area contributed by atoms with Crippen molar-refractivity contribution in [3.05, 3.63) is 31.9 Å². The molecule has 3 heterocycles. The fourth-order valence-corrected chi connectivity index (χ4v) is 7.01. The molecular weight excluding hydrogens is 583 g/mol. The van der Waals surface area contributed by atoms with E-state index < -0.39 is 5.97 Å². The Morgan fingerprint density at radius 1 is 0.977 bits per heavy atom. The lowest BCUT2D eigenvalue weighted by molar-refractivity contribution is -0.137. The molecule has 2 saturated heterocycles. The van der Waals surface area contributed by atoms with Gasteiger partial charge in [-0.15, -0.1) is 0 Å². The first-order valence-corrected chi connectivity index (χ1v) is 17.1. The highest BCUT2D eigenvalue weighted by atomic mass is 32.2. The van der Waals surface area contributed by atoms with Crippen molar-refractivity contribution in [2.24, 2.45) is 0 Å². The number of nitriles is 1. The monoisotopic (exact) mass is 629 g/mol. The molecule has 1 N–H and O–H groups in total. The number of likely N-dealkylation sites (N-methyl/N-ethyl adjacent to an activating group) is 1. The smallest absolute Gasteiger partial charge is 0.303 e. The molecular formula is C32H47N5O4S2. The number of aromatic nitrogens is 1. The number of hydrogen-bond acceptors (Lipinski definition) is 8. The van der Waals surface area contributed by atoms with Crippen molar-refractivity contribution < 1.29 is 14.7 Å². The average Bonchev–Trinajstić information content (AvgIpc) is 3.26. The maximum absolute atomic E-state index is 13.5. The predicted molar refractivity (Wildman–Crippen MR) is 178 cm³/mol. The summed E-state index contributed by atoms with van der Waals surface area (Å²) in [6.07, 6.45) is 11.8. The van der Waals surface area contributed by atoms with Gasteiger partial charge in [0.25, 0.3) is 11.5 Å². The summed E-state index contributed by atoms with van der Waals surface area (Å²) in [5, 5.41) is 18.7. The molecule has 0 radical (unpaired) electrons. The van der Waals surface area contributed by atoms with E-state index in [-0.39, 0.29) is 23.5 Å². The number of carbonyl (C=O) groups excluding carboxylic acids is 1. The molecule has 3 rings (SSSR count). The molecule has 0 atom stereocenters. The molecule has 0 aliphatic carbocycles. The molecule has 11 heteroatoms. The molecule has 9 nitrogen and oxygen atoms in total. The lowest BCUT2D eigenvalue weighted by atomic mass is 10.0. The number of carboxylic acids is 1. The van der Waals surface area contributed by atoms with Crippen LogP contribution in [0.1, 0.15) is 101 Å². The van der Waals surface area contributed by atoms with Crippen molar-refractivity contribution in [3.63, 3.8) is 0 Å². The van der Waals surface area contributed by atoms with Crippen LogP contribution in [0.4, 0.5) is 5.82 Å². The molecule has 1 aromatic rings. The maximum Gasteiger partial charge on any atom is 0.303 e. The second-order valence-electron chi connectivity index (χ2n) is 11.4. The first-order chi connectivity index (χ1) is 20.7. The number of amides is 1.